The Morgan fingerprint density at radius 2 is 2.03 bits per heavy atom. The van der Waals surface area contributed by atoms with Crippen molar-refractivity contribution in [1.29, 1.82) is 0 Å². The Bertz CT molecular complexity index is 1030. The summed E-state index contributed by atoms with van der Waals surface area (Å²) in [6.45, 7) is 3.34. The topological polar surface area (TPSA) is 76.9 Å². The predicted molar refractivity (Wildman–Crippen MR) is 116 cm³/mol. The van der Waals surface area contributed by atoms with Crippen LogP contribution >= 0.6 is 23.1 Å². The van der Waals surface area contributed by atoms with Gasteiger partial charge in [-0.25, -0.2) is 0 Å². The van der Waals surface area contributed by atoms with E-state index in [0.717, 1.165) is 30.2 Å². The number of hydrogen-bond acceptors (Lipinski definition) is 6. The van der Waals surface area contributed by atoms with Crippen molar-refractivity contribution in [2.45, 2.75) is 49.6 Å². The number of nitrogens with zero attached hydrogens (tertiary/aromatic N) is 3. The predicted octanol–water partition coefficient (Wildman–Crippen LogP) is 4.59. The Hall–Kier alpha value is -2.45. The van der Waals surface area contributed by atoms with Gasteiger partial charge in [0.2, 0.25) is 5.91 Å². The van der Waals surface area contributed by atoms with Gasteiger partial charge in [0.15, 0.2) is 10.9 Å². The van der Waals surface area contributed by atoms with Gasteiger partial charge in [-0.1, -0.05) is 30.0 Å². The van der Waals surface area contributed by atoms with Gasteiger partial charge in [-0.15, -0.1) is 21.5 Å². The van der Waals surface area contributed by atoms with Crippen LogP contribution in [0.1, 0.15) is 53.8 Å². The van der Waals surface area contributed by atoms with Crippen LogP contribution in [0.3, 0.4) is 0 Å². The Kier molecular flexibility index (Phi) is 5.82. The maximum absolute atomic E-state index is 12.8. The molecule has 1 fully saturated rings. The lowest BCUT2D eigenvalue weighted by Gasteiger charge is -2.14. The average Bonchev–Trinajstić information content (AvgIpc) is 3.26. The van der Waals surface area contributed by atoms with Gasteiger partial charge in [0.25, 0.3) is 0 Å². The number of nitrogens with one attached hydrogen (secondary N) is 1. The average molecular weight is 427 g/mol. The summed E-state index contributed by atoms with van der Waals surface area (Å²) < 4.78 is 2.19. The van der Waals surface area contributed by atoms with Crippen LogP contribution in [0.25, 0.3) is 0 Å². The van der Waals surface area contributed by atoms with Crippen molar-refractivity contribution in [3.63, 3.8) is 0 Å². The first-order valence-corrected chi connectivity index (χ1v) is 11.3. The number of rotatable bonds is 8. The van der Waals surface area contributed by atoms with E-state index in [4.69, 9.17) is 0 Å². The van der Waals surface area contributed by atoms with Crippen LogP contribution < -0.4 is 5.32 Å². The van der Waals surface area contributed by atoms with E-state index in [1.807, 2.05) is 13.0 Å². The third kappa shape index (κ3) is 4.59. The molecule has 2 aromatic heterocycles. The van der Waals surface area contributed by atoms with Crippen LogP contribution in [0, 0.1) is 0 Å². The van der Waals surface area contributed by atoms with Gasteiger partial charge in [0, 0.05) is 22.9 Å². The number of ketones is 1. The number of benzene rings is 1. The number of carbonyl (C=O) groups is 2. The van der Waals surface area contributed by atoms with Gasteiger partial charge in [-0.05, 0) is 50.3 Å². The molecule has 150 valence electrons. The molecule has 0 aliphatic heterocycles. The van der Waals surface area contributed by atoms with Crippen LogP contribution in [0.5, 0.6) is 0 Å². The quantitative estimate of drug-likeness (QED) is 0.421. The third-order valence-corrected chi connectivity index (χ3v) is 6.71. The fourth-order valence-corrected chi connectivity index (χ4v) is 4.76. The van der Waals surface area contributed by atoms with Gasteiger partial charge in [-0.2, -0.15) is 0 Å². The number of carbonyl (C=O) groups excluding carboxylic acids is 2. The summed E-state index contributed by atoms with van der Waals surface area (Å²) >= 11 is 3.12. The summed E-state index contributed by atoms with van der Waals surface area (Å²) in [5, 5.41) is 14.1. The molecule has 29 heavy (non-hydrogen) atoms. The highest BCUT2D eigenvalue weighted by atomic mass is 32.2. The molecule has 0 radical (unpaired) electrons. The minimum Gasteiger partial charge on any atom is -0.324 e. The summed E-state index contributed by atoms with van der Waals surface area (Å²) in [6, 6.07) is 11.6. The Morgan fingerprint density at radius 1 is 1.24 bits per heavy atom. The standard InChI is InChI=1S/C21H22N4O2S2/c1-13(26)17-7-3-4-8-18(17)22-20(27)14(2)29-21-24-23-19(25(21)15-9-10-15)12-16-6-5-11-28-16/h3-8,11,14-15H,9-10,12H2,1-2H3,(H,22,27). The molecule has 4 rings (SSSR count). The number of thiophene rings is 1. The Morgan fingerprint density at radius 3 is 2.72 bits per heavy atom. The van der Waals surface area contributed by atoms with Crippen molar-refractivity contribution < 1.29 is 9.59 Å². The van der Waals surface area contributed by atoms with Crippen LogP contribution in [-0.2, 0) is 11.2 Å². The van der Waals surface area contributed by atoms with Crippen molar-refractivity contribution in [2.75, 3.05) is 5.32 Å². The second-order valence-electron chi connectivity index (χ2n) is 7.11. The number of thioether (sulfide) groups is 1. The SMILES string of the molecule is CC(=O)c1ccccc1NC(=O)C(C)Sc1nnc(Cc2cccs2)n1C1CC1. The molecule has 6 nitrogen and oxygen atoms in total. The van der Waals surface area contributed by atoms with Crippen LogP contribution in [-0.4, -0.2) is 31.7 Å². The fraction of sp³-hybridized carbons (Fsp3) is 0.333. The maximum atomic E-state index is 12.8. The number of hydrogen-bond donors (Lipinski definition) is 1. The molecular formula is C21H22N4O2S2. The van der Waals surface area contributed by atoms with E-state index < -0.39 is 0 Å². The normalized spacial score (nSPS) is 14.6. The van der Waals surface area contributed by atoms with Crippen LogP contribution in [0.2, 0.25) is 0 Å². The monoisotopic (exact) mass is 426 g/mol. The zero-order chi connectivity index (χ0) is 20.4. The second-order valence-corrected chi connectivity index (χ2v) is 9.45. The maximum Gasteiger partial charge on any atom is 0.237 e. The summed E-state index contributed by atoms with van der Waals surface area (Å²) in [5.41, 5.74) is 1.05. The van der Waals surface area contributed by atoms with E-state index in [1.54, 1.807) is 35.6 Å². The van der Waals surface area contributed by atoms with Gasteiger partial charge < -0.3 is 9.88 Å². The molecule has 0 bridgehead atoms. The first-order valence-electron chi connectivity index (χ1n) is 9.56. The van der Waals surface area contributed by atoms with Crippen LogP contribution in [0.15, 0.2) is 46.9 Å². The molecule has 1 unspecified atom stereocenters. The second kappa shape index (κ2) is 8.51. The minimum absolute atomic E-state index is 0.0760. The molecule has 1 aliphatic carbocycles. The van der Waals surface area contributed by atoms with Gasteiger partial charge >= 0.3 is 0 Å². The largest absolute Gasteiger partial charge is 0.324 e. The third-order valence-electron chi connectivity index (χ3n) is 4.78. The van der Waals surface area contributed by atoms with Crippen molar-refractivity contribution in [2.24, 2.45) is 0 Å². The molecule has 1 atom stereocenters. The lowest BCUT2D eigenvalue weighted by atomic mass is 10.1. The zero-order valence-corrected chi connectivity index (χ0v) is 17.9. The van der Waals surface area contributed by atoms with Crippen molar-refractivity contribution >= 4 is 40.5 Å². The summed E-state index contributed by atoms with van der Waals surface area (Å²) in [7, 11) is 0. The lowest BCUT2D eigenvalue weighted by Crippen LogP contribution is -2.24. The zero-order valence-electron chi connectivity index (χ0n) is 16.3. The first-order chi connectivity index (χ1) is 14.0. The van der Waals surface area contributed by atoms with Crippen molar-refractivity contribution in [3.8, 4) is 0 Å². The Balaban J connectivity index is 1.48. The smallest absolute Gasteiger partial charge is 0.237 e. The first kappa shape index (κ1) is 19.8. The molecule has 1 N–H and O–H groups in total. The van der Waals surface area contributed by atoms with E-state index in [2.05, 4.69) is 31.5 Å². The van der Waals surface area contributed by atoms with E-state index in [-0.39, 0.29) is 16.9 Å². The fourth-order valence-electron chi connectivity index (χ4n) is 3.12. The van der Waals surface area contributed by atoms with Gasteiger partial charge in [-0.3, -0.25) is 9.59 Å². The summed E-state index contributed by atoms with van der Waals surface area (Å²) in [6.07, 6.45) is 3.00. The number of Topliss-reactive ketones (excluding diaryl/α,β-unsaturated/α-hetero) is 1. The molecule has 0 spiro atoms. The molecule has 1 aromatic carbocycles. The van der Waals surface area contributed by atoms with E-state index in [9.17, 15) is 9.59 Å². The highest BCUT2D eigenvalue weighted by Gasteiger charge is 2.31. The number of aromatic nitrogens is 3. The number of amides is 1. The Labute approximate surface area is 177 Å². The lowest BCUT2D eigenvalue weighted by molar-refractivity contribution is -0.115. The van der Waals surface area contributed by atoms with Crippen LogP contribution in [0.4, 0.5) is 5.69 Å². The molecule has 2 heterocycles. The number of para-hydroxylation sites is 1. The number of anilines is 1. The highest BCUT2D eigenvalue weighted by molar-refractivity contribution is 8.00. The van der Waals surface area contributed by atoms with Crippen molar-refractivity contribution in [1.82, 2.24) is 14.8 Å². The van der Waals surface area contributed by atoms with E-state index in [0.29, 0.717) is 17.3 Å². The molecule has 1 amide bonds. The summed E-state index contributed by atoms with van der Waals surface area (Å²) in [5.74, 6) is 0.716. The molecule has 0 saturated heterocycles. The molecule has 3 aromatic rings. The van der Waals surface area contributed by atoms with Gasteiger partial charge in [0.1, 0.15) is 5.82 Å². The highest BCUT2D eigenvalue weighted by Crippen LogP contribution is 2.40. The molecule has 8 heteroatoms. The minimum atomic E-state index is -0.369. The molecule has 1 saturated carbocycles. The summed E-state index contributed by atoms with van der Waals surface area (Å²) in [4.78, 5) is 25.8. The van der Waals surface area contributed by atoms with Crippen molar-refractivity contribution in [3.05, 3.63) is 58.0 Å². The van der Waals surface area contributed by atoms with Gasteiger partial charge in [0.05, 0.1) is 10.9 Å². The van der Waals surface area contributed by atoms with E-state index >= 15 is 0 Å². The molecule has 1 aliphatic rings. The van der Waals surface area contributed by atoms with E-state index in [1.165, 1.54) is 23.6 Å². The molecular weight excluding hydrogens is 404 g/mol.